The van der Waals surface area contributed by atoms with Crippen LogP contribution in [-0.4, -0.2) is 34.7 Å². The van der Waals surface area contributed by atoms with Crippen molar-refractivity contribution in [2.24, 2.45) is 5.92 Å². The number of amides is 1. The highest BCUT2D eigenvalue weighted by Gasteiger charge is 2.38. The number of hydrogen-bond acceptors (Lipinski definition) is 3. The summed E-state index contributed by atoms with van der Waals surface area (Å²) in [6, 6.07) is 11.4. The van der Waals surface area contributed by atoms with E-state index in [1.165, 1.54) is 5.56 Å². The molecule has 2 rings (SSSR count). The quantitative estimate of drug-likeness (QED) is 0.902. The van der Waals surface area contributed by atoms with E-state index in [1.807, 2.05) is 26.8 Å². The van der Waals surface area contributed by atoms with Gasteiger partial charge in [-0.15, -0.1) is 0 Å². The van der Waals surface area contributed by atoms with E-state index in [-0.39, 0.29) is 18.2 Å². The zero-order valence-electron chi connectivity index (χ0n) is 15.9. The molecule has 0 saturated carbocycles. The molecule has 0 radical (unpaired) electrons. The first kappa shape index (κ1) is 18.8. The average molecular weight is 332 g/mol. The normalized spacial score (nSPS) is 28.4. The van der Waals surface area contributed by atoms with E-state index in [0.29, 0.717) is 12.0 Å². The Morgan fingerprint density at radius 1 is 1.21 bits per heavy atom. The van der Waals surface area contributed by atoms with Crippen LogP contribution in [-0.2, 0) is 11.3 Å². The van der Waals surface area contributed by atoms with Crippen molar-refractivity contribution in [2.45, 2.75) is 78.2 Å². The number of carbonyl (C=O) groups excluding carboxylic acids is 1. The number of ether oxygens (including phenoxy) is 1. The lowest BCUT2D eigenvalue weighted by atomic mass is 9.83. The summed E-state index contributed by atoms with van der Waals surface area (Å²) in [4.78, 5) is 14.7. The lowest BCUT2D eigenvalue weighted by molar-refractivity contribution is 0.0171. The number of benzene rings is 1. The highest BCUT2D eigenvalue weighted by molar-refractivity contribution is 5.68. The Hall–Kier alpha value is -1.55. The third-order valence-corrected chi connectivity index (χ3v) is 4.83. The van der Waals surface area contributed by atoms with Crippen molar-refractivity contribution in [3.8, 4) is 0 Å². The standard InChI is InChI=1S/C20H32N2O2/c1-14-12-15(2)22(13-17-10-8-7-9-11-17)16(3)18(14)21-19(23)24-20(4,5)6/h7-11,14-16,18H,12-13H2,1-6H3,(H,21,23). The van der Waals surface area contributed by atoms with Crippen molar-refractivity contribution >= 4 is 6.09 Å². The second-order valence-corrected chi connectivity index (χ2v) is 8.13. The maximum absolute atomic E-state index is 12.2. The van der Waals surface area contributed by atoms with Crippen LogP contribution in [0.2, 0.25) is 0 Å². The van der Waals surface area contributed by atoms with Crippen LogP contribution in [0.15, 0.2) is 30.3 Å². The molecule has 4 unspecified atom stereocenters. The minimum absolute atomic E-state index is 0.0970. The smallest absolute Gasteiger partial charge is 0.407 e. The average Bonchev–Trinajstić information content (AvgIpc) is 2.47. The predicted molar refractivity (Wildman–Crippen MR) is 97.8 cm³/mol. The summed E-state index contributed by atoms with van der Waals surface area (Å²) in [5.74, 6) is 0.426. The summed E-state index contributed by atoms with van der Waals surface area (Å²) in [5.41, 5.74) is 0.837. The van der Waals surface area contributed by atoms with Crippen molar-refractivity contribution < 1.29 is 9.53 Å². The van der Waals surface area contributed by atoms with Crippen molar-refractivity contribution in [3.63, 3.8) is 0 Å². The topological polar surface area (TPSA) is 41.6 Å². The molecule has 1 heterocycles. The maximum atomic E-state index is 12.2. The molecule has 4 atom stereocenters. The Morgan fingerprint density at radius 2 is 1.83 bits per heavy atom. The molecule has 1 aliphatic rings. The molecule has 1 N–H and O–H groups in total. The second kappa shape index (κ2) is 7.56. The molecule has 0 aromatic heterocycles. The Bertz CT molecular complexity index is 538. The van der Waals surface area contributed by atoms with Crippen LogP contribution in [0.1, 0.15) is 53.5 Å². The second-order valence-electron chi connectivity index (χ2n) is 8.13. The summed E-state index contributed by atoms with van der Waals surface area (Å²) in [5, 5.41) is 3.11. The lowest BCUT2D eigenvalue weighted by Gasteiger charge is -2.47. The molecule has 0 aliphatic carbocycles. The summed E-state index contributed by atoms with van der Waals surface area (Å²) >= 11 is 0. The fourth-order valence-electron chi connectivity index (χ4n) is 3.70. The minimum atomic E-state index is -0.470. The molecule has 4 nitrogen and oxygen atoms in total. The molecule has 1 aromatic carbocycles. The number of rotatable bonds is 3. The van der Waals surface area contributed by atoms with Gasteiger partial charge in [0.15, 0.2) is 0 Å². The van der Waals surface area contributed by atoms with Crippen LogP contribution in [0.3, 0.4) is 0 Å². The van der Waals surface area contributed by atoms with Gasteiger partial charge in [-0.3, -0.25) is 4.90 Å². The molecule has 24 heavy (non-hydrogen) atoms. The van der Waals surface area contributed by atoms with Crippen LogP contribution < -0.4 is 5.32 Å². The Kier molecular flexibility index (Phi) is 5.92. The number of piperidine rings is 1. The van der Waals surface area contributed by atoms with Gasteiger partial charge in [0.25, 0.3) is 0 Å². The van der Waals surface area contributed by atoms with E-state index in [0.717, 1.165) is 13.0 Å². The molecule has 0 spiro atoms. The van der Waals surface area contributed by atoms with E-state index in [4.69, 9.17) is 4.74 Å². The van der Waals surface area contributed by atoms with E-state index in [1.54, 1.807) is 0 Å². The predicted octanol–water partition coefficient (Wildman–Crippen LogP) is 4.20. The highest BCUT2D eigenvalue weighted by atomic mass is 16.6. The van der Waals surface area contributed by atoms with Gasteiger partial charge >= 0.3 is 6.09 Å². The van der Waals surface area contributed by atoms with E-state index >= 15 is 0 Å². The minimum Gasteiger partial charge on any atom is -0.444 e. The molecule has 4 heteroatoms. The fourth-order valence-corrected chi connectivity index (χ4v) is 3.70. The van der Waals surface area contributed by atoms with Gasteiger partial charge in [-0.2, -0.15) is 0 Å². The SMILES string of the molecule is CC1CC(C)N(Cc2ccccc2)C(C)C1NC(=O)OC(C)(C)C. The first-order valence-electron chi connectivity index (χ1n) is 8.96. The van der Waals surface area contributed by atoms with Gasteiger partial charge < -0.3 is 10.1 Å². The summed E-state index contributed by atoms with van der Waals surface area (Å²) in [6.07, 6.45) is 0.748. The largest absolute Gasteiger partial charge is 0.444 e. The van der Waals surface area contributed by atoms with Gasteiger partial charge in [-0.1, -0.05) is 37.3 Å². The number of nitrogens with one attached hydrogen (secondary N) is 1. The van der Waals surface area contributed by atoms with Crippen LogP contribution in [0, 0.1) is 5.92 Å². The first-order valence-corrected chi connectivity index (χ1v) is 8.96. The molecular formula is C20H32N2O2. The zero-order chi connectivity index (χ0) is 17.9. The van der Waals surface area contributed by atoms with Gasteiger partial charge in [0, 0.05) is 18.6 Å². The van der Waals surface area contributed by atoms with E-state index in [2.05, 4.69) is 55.3 Å². The molecular weight excluding hydrogens is 300 g/mol. The first-order chi connectivity index (χ1) is 11.2. The number of likely N-dealkylation sites (tertiary alicyclic amines) is 1. The van der Waals surface area contributed by atoms with Gasteiger partial charge in [-0.25, -0.2) is 4.79 Å². The van der Waals surface area contributed by atoms with Gasteiger partial charge in [0.05, 0.1) is 6.04 Å². The fraction of sp³-hybridized carbons (Fsp3) is 0.650. The molecule has 1 aliphatic heterocycles. The Labute approximate surface area is 146 Å². The third kappa shape index (κ3) is 4.97. The van der Waals surface area contributed by atoms with E-state index in [9.17, 15) is 4.79 Å². The zero-order valence-corrected chi connectivity index (χ0v) is 15.9. The van der Waals surface area contributed by atoms with E-state index < -0.39 is 5.60 Å². The van der Waals surface area contributed by atoms with Crippen molar-refractivity contribution in [3.05, 3.63) is 35.9 Å². The molecule has 0 bridgehead atoms. The summed E-state index contributed by atoms with van der Waals surface area (Å²) in [6.45, 7) is 13.3. The Balaban J connectivity index is 2.07. The van der Waals surface area contributed by atoms with Crippen molar-refractivity contribution in [2.75, 3.05) is 0 Å². The van der Waals surface area contributed by atoms with Crippen LogP contribution in [0.4, 0.5) is 4.79 Å². The van der Waals surface area contributed by atoms with Crippen molar-refractivity contribution in [1.29, 1.82) is 0 Å². The number of nitrogens with zero attached hydrogens (tertiary/aromatic N) is 1. The maximum Gasteiger partial charge on any atom is 0.407 e. The van der Waals surface area contributed by atoms with Crippen molar-refractivity contribution in [1.82, 2.24) is 10.2 Å². The number of alkyl carbamates (subject to hydrolysis) is 1. The molecule has 134 valence electrons. The van der Waals surface area contributed by atoms with Crippen LogP contribution in [0.25, 0.3) is 0 Å². The molecule has 1 fully saturated rings. The van der Waals surface area contributed by atoms with Gasteiger partial charge in [-0.05, 0) is 52.5 Å². The van der Waals surface area contributed by atoms with Crippen LogP contribution >= 0.6 is 0 Å². The monoisotopic (exact) mass is 332 g/mol. The van der Waals surface area contributed by atoms with Crippen LogP contribution in [0.5, 0.6) is 0 Å². The Morgan fingerprint density at radius 3 is 2.42 bits per heavy atom. The number of hydrogen-bond donors (Lipinski definition) is 1. The van der Waals surface area contributed by atoms with Gasteiger partial charge in [0.1, 0.15) is 5.60 Å². The molecule has 1 aromatic rings. The number of carbonyl (C=O) groups is 1. The van der Waals surface area contributed by atoms with Gasteiger partial charge in [0.2, 0.25) is 0 Å². The lowest BCUT2D eigenvalue weighted by Crippen LogP contribution is -2.60. The third-order valence-electron chi connectivity index (χ3n) is 4.83. The summed E-state index contributed by atoms with van der Waals surface area (Å²) in [7, 11) is 0. The molecule has 1 saturated heterocycles. The molecule has 1 amide bonds. The highest BCUT2D eigenvalue weighted by Crippen LogP contribution is 2.29. The summed E-state index contributed by atoms with van der Waals surface area (Å²) < 4.78 is 5.45.